The van der Waals surface area contributed by atoms with Gasteiger partial charge in [-0.05, 0) is 18.6 Å². The number of aliphatic imine (C=N–C) groups is 1. The van der Waals surface area contributed by atoms with E-state index < -0.39 is 0 Å². The number of unbranched alkanes of at least 4 members (excludes halogenated alkanes) is 13. The number of hydrogen-bond donors (Lipinski definition) is 0. The Labute approximate surface area is 179 Å². The van der Waals surface area contributed by atoms with Crippen LogP contribution in [0.4, 0.5) is 0 Å². The van der Waals surface area contributed by atoms with Crippen molar-refractivity contribution in [1.29, 1.82) is 0 Å². The first-order valence-corrected chi connectivity index (χ1v) is 12.2. The standard InChI is InChI=1S/C26H43NO2/c1-2-3-4-5-6-7-8-9-10-11-12-13-14-18-21-28-22-25-23-29-26(27-25)24-19-16-15-17-20-24/h15-17,19-20,25H,2-14,18,21-23H2,1H3/t25-/m1/s1. The predicted octanol–water partition coefficient (Wildman–Crippen LogP) is 7.33. The van der Waals surface area contributed by atoms with Crippen LogP contribution in [0.1, 0.15) is 102 Å². The van der Waals surface area contributed by atoms with Crippen LogP contribution in [0.5, 0.6) is 0 Å². The summed E-state index contributed by atoms with van der Waals surface area (Å²) in [4.78, 5) is 4.64. The Morgan fingerprint density at radius 2 is 1.34 bits per heavy atom. The van der Waals surface area contributed by atoms with Crippen LogP contribution in [0.2, 0.25) is 0 Å². The van der Waals surface area contributed by atoms with E-state index in [0.717, 1.165) is 18.1 Å². The Balaban J connectivity index is 1.33. The third kappa shape index (κ3) is 11.4. The number of nitrogens with zero attached hydrogens (tertiary/aromatic N) is 1. The van der Waals surface area contributed by atoms with Crippen LogP contribution in [-0.4, -0.2) is 31.8 Å². The summed E-state index contributed by atoms with van der Waals surface area (Å²) in [5.41, 5.74) is 1.06. The van der Waals surface area contributed by atoms with Crippen LogP contribution in [0.25, 0.3) is 0 Å². The van der Waals surface area contributed by atoms with E-state index in [2.05, 4.69) is 11.9 Å². The zero-order valence-corrected chi connectivity index (χ0v) is 18.7. The maximum absolute atomic E-state index is 5.82. The average Bonchev–Trinajstić information content (AvgIpc) is 3.23. The average molecular weight is 402 g/mol. The molecule has 1 aromatic carbocycles. The first kappa shape index (κ1) is 23.9. The van der Waals surface area contributed by atoms with Gasteiger partial charge < -0.3 is 9.47 Å². The van der Waals surface area contributed by atoms with Crippen molar-refractivity contribution in [1.82, 2.24) is 0 Å². The summed E-state index contributed by atoms with van der Waals surface area (Å²) < 4.78 is 11.5. The van der Waals surface area contributed by atoms with Gasteiger partial charge in [0.15, 0.2) is 0 Å². The molecule has 1 atom stereocenters. The summed E-state index contributed by atoms with van der Waals surface area (Å²) >= 11 is 0. The van der Waals surface area contributed by atoms with E-state index in [0.29, 0.717) is 13.2 Å². The molecule has 0 aliphatic carbocycles. The Morgan fingerprint density at radius 1 is 0.793 bits per heavy atom. The van der Waals surface area contributed by atoms with Gasteiger partial charge in [-0.15, -0.1) is 0 Å². The van der Waals surface area contributed by atoms with Crippen molar-refractivity contribution in [2.75, 3.05) is 19.8 Å². The first-order valence-electron chi connectivity index (χ1n) is 12.2. The molecular formula is C26H43NO2. The highest BCUT2D eigenvalue weighted by molar-refractivity contribution is 5.95. The lowest BCUT2D eigenvalue weighted by Crippen LogP contribution is -2.15. The molecule has 0 radical (unpaired) electrons. The van der Waals surface area contributed by atoms with Crippen molar-refractivity contribution in [3.8, 4) is 0 Å². The van der Waals surface area contributed by atoms with Gasteiger partial charge in [-0.2, -0.15) is 0 Å². The fraction of sp³-hybridized carbons (Fsp3) is 0.731. The molecule has 0 bridgehead atoms. The quantitative estimate of drug-likeness (QED) is 0.241. The molecule has 0 unspecified atom stereocenters. The minimum Gasteiger partial charge on any atom is -0.475 e. The molecule has 1 aromatic rings. The number of ether oxygens (including phenoxy) is 2. The van der Waals surface area contributed by atoms with E-state index in [-0.39, 0.29) is 6.04 Å². The van der Waals surface area contributed by atoms with Crippen molar-refractivity contribution in [3.63, 3.8) is 0 Å². The Bertz CT molecular complexity index is 529. The molecule has 164 valence electrons. The van der Waals surface area contributed by atoms with Gasteiger partial charge in [-0.25, -0.2) is 4.99 Å². The van der Waals surface area contributed by atoms with Gasteiger partial charge >= 0.3 is 0 Å². The molecule has 0 spiro atoms. The minimum absolute atomic E-state index is 0.150. The molecule has 2 rings (SSSR count). The molecule has 0 N–H and O–H groups in total. The van der Waals surface area contributed by atoms with Gasteiger partial charge in [0, 0.05) is 12.2 Å². The molecule has 0 aromatic heterocycles. The molecule has 3 heteroatoms. The highest BCUT2D eigenvalue weighted by Crippen LogP contribution is 2.14. The van der Waals surface area contributed by atoms with Gasteiger partial charge in [-0.3, -0.25) is 0 Å². The van der Waals surface area contributed by atoms with Crippen molar-refractivity contribution in [2.24, 2.45) is 4.99 Å². The van der Waals surface area contributed by atoms with Gasteiger partial charge in [0.1, 0.15) is 12.6 Å². The number of rotatable bonds is 18. The van der Waals surface area contributed by atoms with Gasteiger partial charge in [-0.1, -0.05) is 109 Å². The summed E-state index contributed by atoms with van der Waals surface area (Å²) in [6.07, 6.45) is 19.5. The van der Waals surface area contributed by atoms with Crippen LogP contribution in [0, 0.1) is 0 Å². The maximum Gasteiger partial charge on any atom is 0.216 e. The number of benzene rings is 1. The molecule has 1 heterocycles. The lowest BCUT2D eigenvalue weighted by Gasteiger charge is -2.07. The fourth-order valence-electron chi connectivity index (χ4n) is 3.86. The SMILES string of the molecule is CCCCCCCCCCCCCCCCOC[C@@H]1COC(c2ccccc2)=N1. The molecule has 0 amide bonds. The number of hydrogen-bond acceptors (Lipinski definition) is 3. The van der Waals surface area contributed by atoms with Gasteiger partial charge in [0.05, 0.1) is 6.61 Å². The van der Waals surface area contributed by atoms with Crippen LogP contribution >= 0.6 is 0 Å². The van der Waals surface area contributed by atoms with E-state index in [1.165, 1.54) is 89.9 Å². The van der Waals surface area contributed by atoms with Crippen molar-refractivity contribution < 1.29 is 9.47 Å². The van der Waals surface area contributed by atoms with Crippen molar-refractivity contribution in [3.05, 3.63) is 35.9 Å². The van der Waals surface area contributed by atoms with Crippen molar-refractivity contribution in [2.45, 2.75) is 103 Å². The van der Waals surface area contributed by atoms with Crippen LogP contribution in [-0.2, 0) is 9.47 Å². The fourth-order valence-corrected chi connectivity index (χ4v) is 3.86. The minimum atomic E-state index is 0.150. The van der Waals surface area contributed by atoms with E-state index in [1.807, 2.05) is 30.3 Å². The predicted molar refractivity (Wildman–Crippen MR) is 124 cm³/mol. The van der Waals surface area contributed by atoms with E-state index >= 15 is 0 Å². The monoisotopic (exact) mass is 401 g/mol. The van der Waals surface area contributed by atoms with Gasteiger partial charge in [0.25, 0.3) is 0 Å². The summed E-state index contributed by atoms with van der Waals surface area (Å²) in [7, 11) is 0. The normalized spacial score (nSPS) is 16.0. The Hall–Kier alpha value is -1.35. The third-order valence-corrected chi connectivity index (χ3v) is 5.69. The molecule has 0 saturated heterocycles. The lowest BCUT2D eigenvalue weighted by molar-refractivity contribution is 0.109. The zero-order chi connectivity index (χ0) is 20.4. The van der Waals surface area contributed by atoms with Crippen LogP contribution in [0.15, 0.2) is 35.3 Å². The Morgan fingerprint density at radius 3 is 1.93 bits per heavy atom. The summed E-state index contributed by atoms with van der Waals surface area (Å²) in [6, 6.07) is 10.3. The third-order valence-electron chi connectivity index (χ3n) is 5.69. The smallest absolute Gasteiger partial charge is 0.216 e. The molecule has 0 fully saturated rings. The highest BCUT2D eigenvalue weighted by Gasteiger charge is 2.19. The topological polar surface area (TPSA) is 30.8 Å². The second-order valence-electron chi connectivity index (χ2n) is 8.44. The second-order valence-corrected chi connectivity index (χ2v) is 8.44. The highest BCUT2D eigenvalue weighted by atomic mass is 16.5. The molecule has 29 heavy (non-hydrogen) atoms. The molecule has 0 saturated carbocycles. The second kappa shape index (κ2) is 16.4. The molecule has 1 aliphatic rings. The summed E-state index contributed by atoms with van der Waals surface area (Å²) in [5.74, 6) is 0.760. The molecule has 3 nitrogen and oxygen atoms in total. The van der Waals surface area contributed by atoms with E-state index in [9.17, 15) is 0 Å². The van der Waals surface area contributed by atoms with Gasteiger partial charge in [0.2, 0.25) is 5.90 Å². The largest absolute Gasteiger partial charge is 0.475 e. The maximum atomic E-state index is 5.82. The van der Waals surface area contributed by atoms with E-state index in [4.69, 9.17) is 9.47 Å². The zero-order valence-electron chi connectivity index (χ0n) is 18.7. The Kier molecular flexibility index (Phi) is 13.6. The van der Waals surface area contributed by atoms with E-state index in [1.54, 1.807) is 0 Å². The van der Waals surface area contributed by atoms with Crippen molar-refractivity contribution >= 4 is 5.90 Å². The molecule has 1 aliphatic heterocycles. The summed E-state index contributed by atoms with van der Waals surface area (Å²) in [5, 5.41) is 0. The van der Waals surface area contributed by atoms with Crippen LogP contribution in [0.3, 0.4) is 0 Å². The molecular weight excluding hydrogens is 358 g/mol. The summed E-state index contributed by atoms with van der Waals surface area (Å²) in [6.45, 7) is 4.46. The van der Waals surface area contributed by atoms with Crippen LogP contribution < -0.4 is 0 Å². The first-order chi connectivity index (χ1) is 14.4. The lowest BCUT2D eigenvalue weighted by atomic mass is 10.0.